The molecule has 0 amide bonds. The molecule has 0 heterocycles. The summed E-state index contributed by atoms with van der Waals surface area (Å²) in [6.07, 6.45) is 10.4. The van der Waals surface area contributed by atoms with Gasteiger partial charge in [-0.05, 0) is 106 Å². The van der Waals surface area contributed by atoms with Gasteiger partial charge in [0.15, 0.2) is 0 Å². The number of rotatable bonds is 10. The third kappa shape index (κ3) is 6.07. The summed E-state index contributed by atoms with van der Waals surface area (Å²) in [5.41, 5.74) is 5.59. The molecular formula is C31H45ClN2. The summed E-state index contributed by atoms with van der Waals surface area (Å²) in [5, 5.41) is 0.820. The van der Waals surface area contributed by atoms with E-state index >= 15 is 0 Å². The molecule has 2 aromatic carbocycles. The van der Waals surface area contributed by atoms with Crippen LogP contribution in [0.25, 0.3) is 0 Å². The van der Waals surface area contributed by atoms with E-state index in [9.17, 15) is 0 Å². The van der Waals surface area contributed by atoms with Gasteiger partial charge in [0, 0.05) is 35.4 Å². The van der Waals surface area contributed by atoms with Crippen molar-refractivity contribution in [2.45, 2.75) is 85.2 Å². The van der Waals surface area contributed by atoms with Gasteiger partial charge in [0.1, 0.15) is 0 Å². The van der Waals surface area contributed by atoms with E-state index in [1.54, 1.807) is 0 Å². The third-order valence-corrected chi connectivity index (χ3v) is 7.87. The molecule has 0 spiro atoms. The van der Waals surface area contributed by atoms with Gasteiger partial charge < -0.3 is 4.90 Å². The Labute approximate surface area is 214 Å². The predicted octanol–water partition coefficient (Wildman–Crippen LogP) is 8.55. The highest BCUT2D eigenvalue weighted by Gasteiger charge is 2.45. The van der Waals surface area contributed by atoms with Crippen LogP contribution in [0.15, 0.2) is 54.6 Å². The molecule has 0 N–H and O–H groups in total. The summed E-state index contributed by atoms with van der Waals surface area (Å²) in [5.74, 6) is 0.585. The Morgan fingerprint density at radius 3 is 2.21 bits per heavy atom. The molecule has 2 nitrogen and oxygen atoms in total. The Morgan fingerprint density at radius 1 is 1.00 bits per heavy atom. The lowest BCUT2D eigenvalue weighted by molar-refractivity contribution is 0.0295. The quantitative estimate of drug-likeness (QED) is 0.314. The lowest BCUT2D eigenvalue weighted by atomic mass is 9.68. The Bertz CT molecular complexity index is 915. The maximum absolute atomic E-state index is 6.31. The Balaban J connectivity index is 1.98. The number of halogens is 1. The molecule has 2 aromatic rings. The molecule has 3 atom stereocenters. The molecule has 3 heteroatoms. The molecule has 0 radical (unpaired) electrons. The summed E-state index contributed by atoms with van der Waals surface area (Å²) < 4.78 is 0. The van der Waals surface area contributed by atoms with Crippen molar-refractivity contribution < 1.29 is 0 Å². The largest absolute Gasteiger partial charge is 0.368 e. The number of allylic oxidation sites excluding steroid dienone is 1. The topological polar surface area (TPSA) is 6.48 Å². The van der Waals surface area contributed by atoms with Gasteiger partial charge in [0.2, 0.25) is 0 Å². The second-order valence-corrected chi connectivity index (χ2v) is 10.8. The molecule has 1 saturated carbocycles. The fraction of sp³-hybridized carbons (Fsp3) is 0.548. The van der Waals surface area contributed by atoms with Gasteiger partial charge in [-0.1, -0.05) is 62.7 Å². The third-order valence-electron chi connectivity index (χ3n) is 7.62. The molecule has 0 aliphatic heterocycles. The van der Waals surface area contributed by atoms with Crippen molar-refractivity contribution in [1.82, 2.24) is 4.90 Å². The van der Waals surface area contributed by atoms with E-state index in [2.05, 4.69) is 106 Å². The van der Waals surface area contributed by atoms with Crippen molar-refractivity contribution >= 4 is 17.3 Å². The fourth-order valence-electron chi connectivity index (χ4n) is 6.22. The summed E-state index contributed by atoms with van der Waals surface area (Å²) in [4.78, 5) is 5.45. The second kappa shape index (κ2) is 12.3. The molecule has 1 aliphatic carbocycles. The number of hydrogen-bond acceptors (Lipinski definition) is 2. The van der Waals surface area contributed by atoms with E-state index in [0.29, 0.717) is 12.0 Å². The number of nitrogens with zero attached hydrogens (tertiary/aromatic N) is 2. The highest BCUT2D eigenvalue weighted by Crippen LogP contribution is 2.47. The van der Waals surface area contributed by atoms with Gasteiger partial charge in [0.25, 0.3) is 0 Å². The fourth-order valence-corrected chi connectivity index (χ4v) is 6.35. The minimum atomic E-state index is 0.0520. The first-order chi connectivity index (χ1) is 16.3. The second-order valence-electron chi connectivity index (χ2n) is 10.4. The van der Waals surface area contributed by atoms with Crippen LogP contribution in [0.4, 0.5) is 5.69 Å². The zero-order valence-electron chi connectivity index (χ0n) is 22.3. The minimum Gasteiger partial charge on any atom is -0.368 e. The van der Waals surface area contributed by atoms with Crippen LogP contribution >= 0.6 is 11.6 Å². The molecule has 1 aliphatic rings. The minimum absolute atomic E-state index is 0.0520. The first-order valence-electron chi connectivity index (χ1n) is 13.3. The predicted molar refractivity (Wildman–Crippen MR) is 150 cm³/mol. The van der Waals surface area contributed by atoms with Crippen molar-refractivity contribution in [1.29, 1.82) is 0 Å². The maximum Gasteiger partial charge on any atom is 0.0468 e. The van der Waals surface area contributed by atoms with Crippen molar-refractivity contribution in [2.24, 2.45) is 5.92 Å². The standard InChI is InChI=1S/C31H45ClN2/c1-7-10-19-33(17-8-2)31(27-11-13-28(32)14-12-27)16-15-30(26(6)23-31)34(18-9-3)29-21-24(4)20-25(5)22-29/h7,10-14,20-22,26,30H,8-9,15-19,23H2,1-6H3. The van der Waals surface area contributed by atoms with E-state index < -0.39 is 0 Å². The van der Waals surface area contributed by atoms with Gasteiger partial charge in [-0.25, -0.2) is 0 Å². The van der Waals surface area contributed by atoms with Crippen LogP contribution in [0.5, 0.6) is 0 Å². The van der Waals surface area contributed by atoms with Gasteiger partial charge >= 0.3 is 0 Å². The molecular weight excluding hydrogens is 436 g/mol. The maximum atomic E-state index is 6.31. The number of hydrogen-bond donors (Lipinski definition) is 0. The van der Waals surface area contributed by atoms with E-state index in [-0.39, 0.29) is 5.54 Å². The van der Waals surface area contributed by atoms with Crippen molar-refractivity contribution in [3.8, 4) is 0 Å². The van der Waals surface area contributed by atoms with Crippen LogP contribution in [0.2, 0.25) is 5.02 Å². The highest BCUT2D eigenvalue weighted by molar-refractivity contribution is 6.30. The Hall–Kier alpha value is -1.77. The molecule has 34 heavy (non-hydrogen) atoms. The summed E-state index contributed by atoms with van der Waals surface area (Å²) in [6, 6.07) is 16.3. The summed E-state index contributed by atoms with van der Waals surface area (Å²) >= 11 is 6.31. The zero-order chi connectivity index (χ0) is 24.7. The summed E-state index contributed by atoms with van der Waals surface area (Å²) in [6.45, 7) is 16.9. The van der Waals surface area contributed by atoms with Crippen LogP contribution in [-0.4, -0.2) is 30.6 Å². The van der Waals surface area contributed by atoms with Crippen molar-refractivity contribution in [3.63, 3.8) is 0 Å². The molecule has 0 bridgehead atoms. The van der Waals surface area contributed by atoms with E-state index in [4.69, 9.17) is 11.6 Å². The van der Waals surface area contributed by atoms with Crippen molar-refractivity contribution in [2.75, 3.05) is 24.5 Å². The van der Waals surface area contributed by atoms with Crippen LogP contribution < -0.4 is 4.90 Å². The van der Waals surface area contributed by atoms with Crippen LogP contribution in [-0.2, 0) is 5.54 Å². The normalized spacial score (nSPS) is 23.1. The molecule has 1 fully saturated rings. The van der Waals surface area contributed by atoms with E-state index in [0.717, 1.165) is 31.1 Å². The molecule has 0 aromatic heterocycles. The number of benzene rings is 2. The molecule has 186 valence electrons. The zero-order valence-corrected chi connectivity index (χ0v) is 23.0. The average Bonchev–Trinajstić information content (AvgIpc) is 2.80. The monoisotopic (exact) mass is 480 g/mol. The van der Waals surface area contributed by atoms with Gasteiger partial charge in [0.05, 0.1) is 0 Å². The number of anilines is 1. The van der Waals surface area contributed by atoms with Gasteiger partial charge in [-0.2, -0.15) is 0 Å². The Kier molecular flexibility index (Phi) is 9.68. The molecule has 3 unspecified atom stereocenters. The van der Waals surface area contributed by atoms with Crippen molar-refractivity contribution in [3.05, 3.63) is 76.3 Å². The smallest absolute Gasteiger partial charge is 0.0468 e. The van der Waals surface area contributed by atoms with Gasteiger partial charge in [-0.15, -0.1) is 0 Å². The van der Waals surface area contributed by atoms with Crippen LogP contribution in [0.3, 0.4) is 0 Å². The first-order valence-corrected chi connectivity index (χ1v) is 13.7. The molecule has 3 rings (SSSR count). The van der Waals surface area contributed by atoms with E-state index in [1.807, 2.05) is 0 Å². The SMILES string of the molecule is CC=CCN(CCC)C1(c2ccc(Cl)cc2)CCC(N(CCC)c2cc(C)cc(C)c2)C(C)C1. The lowest BCUT2D eigenvalue weighted by Crippen LogP contribution is -2.55. The average molecular weight is 481 g/mol. The van der Waals surface area contributed by atoms with E-state index in [1.165, 1.54) is 48.1 Å². The Morgan fingerprint density at radius 2 is 1.65 bits per heavy atom. The first kappa shape index (κ1) is 26.8. The molecule has 0 saturated heterocycles. The summed E-state index contributed by atoms with van der Waals surface area (Å²) in [7, 11) is 0. The number of aryl methyl sites for hydroxylation is 2. The highest BCUT2D eigenvalue weighted by atomic mass is 35.5. The van der Waals surface area contributed by atoms with Crippen LogP contribution in [0.1, 0.15) is 76.5 Å². The van der Waals surface area contributed by atoms with Gasteiger partial charge in [-0.3, -0.25) is 4.90 Å². The lowest BCUT2D eigenvalue weighted by Gasteiger charge is -2.53. The van der Waals surface area contributed by atoms with Crippen LogP contribution in [0, 0.1) is 19.8 Å².